The van der Waals surface area contributed by atoms with Crippen LogP contribution in [0.5, 0.6) is 5.75 Å². The van der Waals surface area contributed by atoms with Crippen LogP contribution in [-0.2, 0) is 5.60 Å². The first-order chi connectivity index (χ1) is 9.89. The maximum atomic E-state index is 6.38. The number of ether oxygens (including phenoxy) is 1. The van der Waals surface area contributed by atoms with E-state index in [0.29, 0.717) is 16.5 Å². The average Bonchev–Trinajstić information content (AvgIpc) is 2.39. The number of halogens is 3. The Hall–Kier alpha value is -0.740. The fourth-order valence-corrected chi connectivity index (χ4v) is 3.85. The van der Waals surface area contributed by atoms with E-state index in [1.54, 1.807) is 0 Å². The van der Waals surface area contributed by atoms with E-state index in [1.165, 1.54) is 0 Å². The molecule has 0 bridgehead atoms. The van der Waals surface area contributed by atoms with Gasteiger partial charge in [0, 0.05) is 38.1 Å². The van der Waals surface area contributed by atoms with E-state index < -0.39 is 5.60 Å². The van der Waals surface area contributed by atoms with Crippen molar-refractivity contribution in [2.24, 2.45) is 5.73 Å². The molecular formula is C16H14BrCl2NO. The second-order valence-electron chi connectivity index (χ2n) is 5.45. The van der Waals surface area contributed by atoms with E-state index in [-0.39, 0.29) is 6.04 Å². The van der Waals surface area contributed by atoms with Crippen LogP contribution in [0, 0.1) is 0 Å². The molecule has 2 N–H and O–H groups in total. The third-order valence-electron chi connectivity index (χ3n) is 3.82. The zero-order valence-corrected chi connectivity index (χ0v) is 14.5. The molecule has 0 aromatic heterocycles. The second-order valence-corrected chi connectivity index (χ2v) is 7.21. The van der Waals surface area contributed by atoms with Gasteiger partial charge in [0.05, 0.1) is 0 Å². The molecule has 2 nitrogen and oxygen atoms in total. The number of nitrogens with two attached hydrogens (primary N) is 1. The molecule has 0 saturated carbocycles. The number of hydrogen-bond acceptors (Lipinski definition) is 2. The van der Waals surface area contributed by atoms with Crippen molar-refractivity contribution in [1.29, 1.82) is 0 Å². The molecule has 0 radical (unpaired) electrons. The zero-order valence-electron chi connectivity index (χ0n) is 11.4. The highest BCUT2D eigenvalue weighted by molar-refractivity contribution is 9.10. The highest BCUT2D eigenvalue weighted by atomic mass is 79.9. The van der Waals surface area contributed by atoms with Gasteiger partial charge in [-0.15, -0.1) is 0 Å². The van der Waals surface area contributed by atoms with E-state index in [2.05, 4.69) is 15.9 Å². The van der Waals surface area contributed by atoms with Gasteiger partial charge < -0.3 is 10.5 Å². The SMILES string of the molecule is CC1(c2ccc(Br)cc2Cl)C[C@H](N)c2cc(Cl)ccc2O1. The lowest BCUT2D eigenvalue weighted by Crippen LogP contribution is -2.38. The summed E-state index contributed by atoms with van der Waals surface area (Å²) in [5.74, 6) is 0.764. The molecule has 0 amide bonds. The van der Waals surface area contributed by atoms with E-state index in [0.717, 1.165) is 21.3 Å². The molecule has 1 heterocycles. The molecule has 1 unspecified atom stereocenters. The molecule has 0 saturated heterocycles. The fraction of sp³-hybridized carbons (Fsp3) is 0.250. The summed E-state index contributed by atoms with van der Waals surface area (Å²) in [5.41, 5.74) is 7.63. The maximum absolute atomic E-state index is 6.38. The molecule has 1 aliphatic rings. The highest BCUT2D eigenvalue weighted by Crippen LogP contribution is 2.46. The molecule has 21 heavy (non-hydrogen) atoms. The topological polar surface area (TPSA) is 35.2 Å². The van der Waals surface area contributed by atoms with Gasteiger partial charge in [-0.3, -0.25) is 0 Å². The Morgan fingerprint density at radius 3 is 2.71 bits per heavy atom. The molecule has 3 rings (SSSR count). The van der Waals surface area contributed by atoms with Gasteiger partial charge in [-0.2, -0.15) is 0 Å². The van der Waals surface area contributed by atoms with Crippen molar-refractivity contribution in [3.63, 3.8) is 0 Å². The van der Waals surface area contributed by atoms with Crippen LogP contribution in [-0.4, -0.2) is 0 Å². The van der Waals surface area contributed by atoms with Crippen LogP contribution < -0.4 is 10.5 Å². The lowest BCUT2D eigenvalue weighted by molar-refractivity contribution is 0.0512. The monoisotopic (exact) mass is 385 g/mol. The lowest BCUT2D eigenvalue weighted by atomic mass is 9.84. The van der Waals surface area contributed by atoms with Gasteiger partial charge in [-0.25, -0.2) is 0 Å². The van der Waals surface area contributed by atoms with E-state index in [4.69, 9.17) is 33.7 Å². The summed E-state index contributed by atoms with van der Waals surface area (Å²) >= 11 is 15.8. The van der Waals surface area contributed by atoms with Crippen molar-refractivity contribution in [3.05, 3.63) is 62.0 Å². The fourth-order valence-electron chi connectivity index (χ4n) is 2.80. The summed E-state index contributed by atoms with van der Waals surface area (Å²) in [6.07, 6.45) is 0.641. The van der Waals surface area contributed by atoms with Crippen LogP contribution in [0.1, 0.15) is 30.5 Å². The zero-order chi connectivity index (χ0) is 15.2. The molecule has 1 aliphatic heterocycles. The molecule has 110 valence electrons. The predicted octanol–water partition coefficient (Wildman–Crippen LogP) is 5.45. The molecule has 5 heteroatoms. The molecule has 0 aliphatic carbocycles. The first kappa shape index (κ1) is 15.2. The number of hydrogen-bond donors (Lipinski definition) is 1. The summed E-state index contributed by atoms with van der Waals surface area (Å²) in [6.45, 7) is 2.01. The summed E-state index contributed by atoms with van der Waals surface area (Å²) in [7, 11) is 0. The van der Waals surface area contributed by atoms with Crippen molar-refractivity contribution in [2.45, 2.75) is 25.0 Å². The first-order valence-corrected chi connectivity index (χ1v) is 8.13. The molecular weight excluding hydrogens is 373 g/mol. The number of rotatable bonds is 1. The maximum Gasteiger partial charge on any atom is 0.134 e. The minimum Gasteiger partial charge on any atom is -0.482 e. The predicted molar refractivity (Wildman–Crippen MR) is 90.1 cm³/mol. The molecule has 2 atom stereocenters. The Morgan fingerprint density at radius 1 is 1.24 bits per heavy atom. The second kappa shape index (κ2) is 5.47. The van der Waals surface area contributed by atoms with E-state index in [1.807, 2.05) is 43.3 Å². The van der Waals surface area contributed by atoms with Crippen LogP contribution >= 0.6 is 39.1 Å². The van der Waals surface area contributed by atoms with Crippen molar-refractivity contribution < 1.29 is 4.74 Å². The van der Waals surface area contributed by atoms with Gasteiger partial charge in [0.2, 0.25) is 0 Å². The Kier molecular flexibility index (Phi) is 3.95. The summed E-state index contributed by atoms with van der Waals surface area (Å²) in [6, 6.07) is 11.2. The van der Waals surface area contributed by atoms with Gasteiger partial charge in [-0.1, -0.05) is 45.2 Å². The van der Waals surface area contributed by atoms with Crippen LogP contribution in [0.2, 0.25) is 10.0 Å². The number of benzene rings is 2. The molecule has 0 spiro atoms. The normalized spacial score (nSPS) is 24.3. The Morgan fingerprint density at radius 2 is 2.00 bits per heavy atom. The van der Waals surface area contributed by atoms with E-state index >= 15 is 0 Å². The van der Waals surface area contributed by atoms with Crippen molar-refractivity contribution >= 4 is 39.1 Å². The minimum atomic E-state index is -0.558. The molecule has 2 aromatic carbocycles. The Labute approximate surface area is 142 Å². The van der Waals surface area contributed by atoms with Crippen molar-refractivity contribution in [3.8, 4) is 5.75 Å². The summed E-state index contributed by atoms with van der Waals surface area (Å²) in [5, 5.41) is 1.33. The smallest absolute Gasteiger partial charge is 0.134 e. The van der Waals surface area contributed by atoms with Crippen LogP contribution in [0.25, 0.3) is 0 Å². The van der Waals surface area contributed by atoms with Crippen LogP contribution in [0.3, 0.4) is 0 Å². The largest absolute Gasteiger partial charge is 0.482 e. The van der Waals surface area contributed by atoms with Gasteiger partial charge in [0.1, 0.15) is 11.4 Å². The quantitative estimate of drug-likeness (QED) is 0.706. The highest BCUT2D eigenvalue weighted by Gasteiger charge is 2.38. The van der Waals surface area contributed by atoms with Crippen molar-refractivity contribution in [2.75, 3.05) is 0 Å². The van der Waals surface area contributed by atoms with Crippen molar-refractivity contribution in [1.82, 2.24) is 0 Å². The standard InChI is InChI=1S/C16H14BrCl2NO/c1-16(12-4-2-9(17)6-13(12)19)8-14(20)11-7-10(18)3-5-15(11)21-16/h2-7,14H,8,20H2,1H3/t14-,16?/m0/s1. The Bertz CT molecular complexity index is 707. The molecule has 2 aromatic rings. The lowest BCUT2D eigenvalue weighted by Gasteiger charge is -2.39. The van der Waals surface area contributed by atoms with Gasteiger partial charge in [0.15, 0.2) is 0 Å². The summed E-state index contributed by atoms with van der Waals surface area (Å²) < 4.78 is 7.15. The third kappa shape index (κ3) is 2.80. The Balaban J connectivity index is 2.06. The average molecular weight is 387 g/mol. The number of fused-ring (bicyclic) bond motifs is 1. The summed E-state index contributed by atoms with van der Waals surface area (Å²) in [4.78, 5) is 0. The third-order valence-corrected chi connectivity index (χ3v) is 4.86. The van der Waals surface area contributed by atoms with E-state index in [9.17, 15) is 0 Å². The van der Waals surface area contributed by atoms with Crippen LogP contribution in [0.4, 0.5) is 0 Å². The van der Waals surface area contributed by atoms with Gasteiger partial charge >= 0.3 is 0 Å². The van der Waals surface area contributed by atoms with Gasteiger partial charge in [-0.05, 0) is 37.3 Å². The van der Waals surface area contributed by atoms with Gasteiger partial charge in [0.25, 0.3) is 0 Å². The molecule has 0 fully saturated rings. The minimum absolute atomic E-state index is 0.142. The van der Waals surface area contributed by atoms with Crippen LogP contribution in [0.15, 0.2) is 40.9 Å². The first-order valence-electron chi connectivity index (χ1n) is 6.59.